The van der Waals surface area contributed by atoms with Crippen LogP contribution in [0.15, 0.2) is 293 Å². The number of carbonyl (C=O) groups excluding carboxylic acids is 4. The molecule has 0 bridgehead atoms. The molecule has 0 spiro atoms. The van der Waals surface area contributed by atoms with Crippen molar-refractivity contribution in [2.24, 2.45) is 0 Å². The Hall–Kier alpha value is -11.4. The number of benzene rings is 12. The maximum absolute atomic E-state index is 13.3. The summed E-state index contributed by atoms with van der Waals surface area (Å²) in [6.07, 6.45) is 0. The van der Waals surface area contributed by atoms with Crippen molar-refractivity contribution in [3.05, 3.63) is 351 Å². The Morgan fingerprint density at radius 3 is 1.14 bits per heavy atom. The van der Waals surface area contributed by atoms with Gasteiger partial charge in [-0.2, -0.15) is 16.8 Å². The molecule has 1 atom stereocenters. The first kappa shape index (κ1) is 79.6. The molecule has 12 aromatic carbocycles. The molecule has 0 radical (unpaired) electrons. The van der Waals surface area contributed by atoms with Crippen molar-refractivity contribution in [3.8, 4) is 51.7 Å². The lowest BCUT2D eigenvalue weighted by Crippen LogP contribution is -2.25. The van der Waals surface area contributed by atoms with Gasteiger partial charge in [0.05, 0.1) is 45.9 Å². The summed E-state index contributed by atoms with van der Waals surface area (Å²) in [7, 11) is -7.51. The van der Waals surface area contributed by atoms with E-state index in [9.17, 15) is 45.1 Å². The van der Waals surface area contributed by atoms with Gasteiger partial charge in [0.15, 0.2) is 23.1 Å². The number of ketones is 4. The fourth-order valence-electron chi connectivity index (χ4n) is 11.9. The molecule has 0 aliphatic heterocycles. The summed E-state index contributed by atoms with van der Waals surface area (Å²) in [5.41, 5.74) is 7.92. The van der Waals surface area contributed by atoms with Gasteiger partial charge in [0.25, 0.3) is 20.2 Å². The second-order valence-corrected chi connectivity index (χ2v) is 30.0. The molecule has 110 heavy (non-hydrogen) atoms. The zero-order valence-corrected chi connectivity index (χ0v) is 63.1. The average Bonchev–Trinajstić information content (AvgIpc) is 0.759. The molecule has 0 fully saturated rings. The van der Waals surface area contributed by atoms with Crippen LogP contribution in [0.1, 0.15) is 125 Å². The summed E-state index contributed by atoms with van der Waals surface area (Å²) in [5, 5.41) is 25.0. The van der Waals surface area contributed by atoms with E-state index >= 15 is 0 Å². The van der Waals surface area contributed by atoms with Crippen LogP contribution in [0, 0.1) is 13.8 Å². The Kier molecular flexibility index (Phi) is 25.2. The monoisotopic (exact) mass is 1550 g/mol. The number of rotatable bonds is 29. The van der Waals surface area contributed by atoms with E-state index in [0.29, 0.717) is 90.6 Å². The maximum Gasteiger partial charge on any atom is 0.298 e. The zero-order chi connectivity index (χ0) is 78.5. The predicted octanol–water partition coefficient (Wildman–Crippen LogP) is 20.1. The second-order valence-electron chi connectivity index (χ2n) is 25.7. The largest absolute Gasteiger partial charge is 0.497 e. The Labute approximate surface area is 643 Å². The summed E-state index contributed by atoms with van der Waals surface area (Å²) in [4.78, 5) is 51.3. The van der Waals surface area contributed by atoms with Crippen LogP contribution >= 0.6 is 24.1 Å². The lowest BCUT2D eigenvalue weighted by atomic mass is 9.71. The number of ether oxygens (including phenoxy) is 5. The fourth-order valence-corrected chi connectivity index (χ4v) is 14.0. The Morgan fingerprint density at radius 2 is 0.700 bits per heavy atom. The van der Waals surface area contributed by atoms with Crippen molar-refractivity contribution in [1.82, 2.24) is 0 Å². The van der Waals surface area contributed by atoms with Gasteiger partial charge in [0, 0.05) is 49.8 Å². The van der Waals surface area contributed by atoms with Gasteiger partial charge in [0.1, 0.15) is 56.6 Å². The number of aryl methyl sites for hydroxylation is 2. The molecule has 1 unspecified atom stereocenters. The van der Waals surface area contributed by atoms with Crippen molar-refractivity contribution in [1.29, 1.82) is 0 Å². The Balaban J connectivity index is 0.000000219. The number of hydrogen-bond donors (Lipinski definition) is 4. The van der Waals surface area contributed by atoms with Gasteiger partial charge in [-0.3, -0.25) is 28.3 Å². The van der Waals surface area contributed by atoms with E-state index < -0.39 is 36.3 Å². The maximum atomic E-state index is 13.3. The minimum absolute atomic E-state index is 0.00397. The lowest BCUT2D eigenvalue weighted by Gasteiger charge is -2.32. The highest BCUT2D eigenvalue weighted by atomic mass is 32.2. The fraction of sp³-hybridized carbons (Fsp3) is 0.106. The first-order valence-corrected chi connectivity index (χ1v) is 37.9. The summed E-state index contributed by atoms with van der Waals surface area (Å²) < 4.78 is 105. The molecule has 0 aromatic heterocycles. The molecular weight excluding hydrogens is 1490 g/mol. The lowest BCUT2D eigenvalue weighted by molar-refractivity contribution is -0.432. The molecule has 4 N–H and O–H groups in total. The smallest absolute Gasteiger partial charge is 0.298 e. The van der Waals surface area contributed by atoms with Gasteiger partial charge >= 0.3 is 0 Å². The molecule has 0 aliphatic rings. The number of carbonyl (C=O) groups is 4. The molecular formula is C85H70O21S4. The highest BCUT2D eigenvalue weighted by Gasteiger charge is 2.33. The molecule has 0 saturated heterocycles. The summed E-state index contributed by atoms with van der Waals surface area (Å²) in [5.74, 6) is 2.87. The van der Waals surface area contributed by atoms with Crippen LogP contribution in [-0.2, 0) is 49.8 Å². The molecule has 0 amide bonds. The van der Waals surface area contributed by atoms with E-state index in [1.807, 2.05) is 123 Å². The van der Waals surface area contributed by atoms with E-state index in [-0.39, 0.29) is 55.2 Å². The standard InChI is InChI=1S/C44H36O8S.C41H34O13S3/c1-28-8-10-30(11-9-28)42(46)33-6-5-7-34(26-33)43(47)31-12-19-37(20-13-31)49-38-21-15-35(16-22-38)44(3,4)36-17-23-39(24-18-36)50-40-25-14-32(29(2)45)27-41(40)53-52-51-48;1-26-7-21-37(39(23-26)57(47,48)49)52-34-19-13-31(14-20-34)41(2,29-9-15-32(50-3)16-10-29)30-11-17-33(18-12-30)51-36-22-8-28(25-38(36)55-54-53-43)40(42)27-5-4-6-35(24-27)56(44,45)46/h5-27,48H,1-4H3;4-25,43H,1-3H3,(H,44,45,46)(H,47,48,49). The van der Waals surface area contributed by atoms with Crippen LogP contribution < -0.4 is 23.7 Å². The van der Waals surface area contributed by atoms with Crippen molar-refractivity contribution in [2.75, 3.05) is 7.11 Å². The van der Waals surface area contributed by atoms with Crippen LogP contribution in [-0.4, -0.2) is 66.7 Å². The third-order valence-electron chi connectivity index (χ3n) is 18.1. The van der Waals surface area contributed by atoms with Gasteiger partial charge < -0.3 is 23.7 Å². The highest BCUT2D eigenvalue weighted by Crippen LogP contribution is 2.44. The summed E-state index contributed by atoms with van der Waals surface area (Å²) in [6, 6.07) is 77.4. The van der Waals surface area contributed by atoms with Crippen LogP contribution in [0.3, 0.4) is 0 Å². The molecule has 0 aliphatic carbocycles. The molecule has 12 aromatic rings. The third-order valence-corrected chi connectivity index (χ3v) is 21.0. The minimum Gasteiger partial charge on any atom is -0.497 e. The molecule has 21 nitrogen and oxygen atoms in total. The normalized spacial score (nSPS) is 12.0. The summed E-state index contributed by atoms with van der Waals surface area (Å²) >= 11 is 1.28. The average molecular weight is 1560 g/mol. The van der Waals surface area contributed by atoms with Crippen LogP contribution in [0.2, 0.25) is 0 Å². The van der Waals surface area contributed by atoms with E-state index in [0.717, 1.165) is 57.6 Å². The van der Waals surface area contributed by atoms with Crippen LogP contribution in [0.5, 0.6) is 51.7 Å². The Bertz CT molecular complexity index is 5570. The Morgan fingerprint density at radius 1 is 0.355 bits per heavy atom. The van der Waals surface area contributed by atoms with E-state index in [1.54, 1.807) is 123 Å². The third kappa shape index (κ3) is 19.4. The van der Waals surface area contributed by atoms with Gasteiger partial charge in [0.2, 0.25) is 0 Å². The highest BCUT2D eigenvalue weighted by molar-refractivity contribution is 7.95. The molecule has 560 valence electrons. The topological polar surface area (TPSA) is 301 Å². The minimum atomic E-state index is -4.54. The number of hydrogen-bond acceptors (Lipinski definition) is 21. The zero-order valence-electron chi connectivity index (χ0n) is 59.8. The van der Waals surface area contributed by atoms with Crippen molar-refractivity contribution >= 4 is 67.5 Å². The number of methoxy groups -OCH3 is 1. The molecule has 12 rings (SSSR count). The first-order chi connectivity index (χ1) is 52.6. The van der Waals surface area contributed by atoms with Crippen LogP contribution in [0.4, 0.5) is 0 Å². The summed E-state index contributed by atoms with van der Waals surface area (Å²) in [6.45, 7) is 11.4. The van der Waals surface area contributed by atoms with Crippen molar-refractivity contribution in [3.63, 3.8) is 0 Å². The first-order valence-electron chi connectivity index (χ1n) is 33.5. The SMILES string of the molecule is CC(=O)c1ccc(Oc2ccc(C(C)(C)c3ccc(Oc4ccc(C(=O)c5cccc(C(=O)c6ccc(C)cc6)c5)cc4)cc3)cc2)c(SOOO)c1.COc1ccc(C(C)(c2ccc(Oc3ccc(C(=O)c4cccc(S(=O)(=O)O)c4)cc3SOOO)cc2)c2ccc(Oc3ccc(C)cc3S(=O)(=O)O)cc2)cc1. The number of Topliss-reactive ketones (excluding diaryl/α,β-unsaturated/α-hetero) is 1. The molecule has 0 saturated carbocycles. The van der Waals surface area contributed by atoms with Gasteiger partial charge in [-0.25, -0.2) is 10.5 Å². The van der Waals surface area contributed by atoms with E-state index in [1.165, 1.54) is 49.4 Å². The molecule has 0 heterocycles. The van der Waals surface area contributed by atoms with E-state index in [4.69, 9.17) is 34.2 Å². The quantitative estimate of drug-likeness (QED) is 0.00845. The second kappa shape index (κ2) is 34.9. The van der Waals surface area contributed by atoms with Gasteiger partial charge in [-0.05, 0) is 213 Å². The van der Waals surface area contributed by atoms with Gasteiger partial charge in [-0.1, -0.05) is 151 Å². The van der Waals surface area contributed by atoms with E-state index in [2.05, 4.69) is 32.6 Å². The molecule has 25 heteroatoms. The van der Waals surface area contributed by atoms with Gasteiger partial charge in [-0.15, -0.1) is 8.67 Å². The van der Waals surface area contributed by atoms with Crippen LogP contribution in [0.25, 0.3) is 0 Å². The predicted molar refractivity (Wildman–Crippen MR) is 413 cm³/mol. The van der Waals surface area contributed by atoms with Crippen molar-refractivity contribution in [2.45, 2.75) is 72.0 Å². The van der Waals surface area contributed by atoms with Crippen molar-refractivity contribution < 1.29 is 98.1 Å².